The molecule has 1 atom stereocenters. The van der Waals surface area contributed by atoms with E-state index in [-0.39, 0.29) is 5.41 Å². The van der Waals surface area contributed by atoms with E-state index in [9.17, 15) is 0 Å². The zero-order valence-corrected chi connectivity index (χ0v) is 19.2. The first kappa shape index (κ1) is 20.1. The molecule has 3 rings (SSSR count). The fourth-order valence-corrected chi connectivity index (χ4v) is 7.34. The molecule has 1 radical (unpaired) electrons. The van der Waals surface area contributed by atoms with Crippen molar-refractivity contribution in [3.63, 3.8) is 0 Å². The van der Waals surface area contributed by atoms with E-state index in [1.807, 2.05) is 0 Å². The van der Waals surface area contributed by atoms with E-state index in [1.54, 1.807) is 11.1 Å². The van der Waals surface area contributed by atoms with Gasteiger partial charge < -0.3 is 0 Å². The first-order chi connectivity index (χ1) is 12.8. The van der Waals surface area contributed by atoms with Crippen LogP contribution in [0.15, 0.2) is 48.0 Å². The number of benzene rings is 2. The highest BCUT2D eigenvalue weighted by Crippen LogP contribution is 2.46. The van der Waals surface area contributed by atoms with Crippen LogP contribution in [0.3, 0.4) is 0 Å². The Morgan fingerprint density at radius 1 is 0.926 bits per heavy atom. The lowest BCUT2D eigenvalue weighted by Gasteiger charge is -2.26. The lowest BCUT2D eigenvalue weighted by molar-refractivity contribution is 0.590. The van der Waals surface area contributed by atoms with Gasteiger partial charge in [0.15, 0.2) is 0 Å². The van der Waals surface area contributed by atoms with Crippen molar-refractivity contribution >= 4 is 14.9 Å². The molecule has 27 heavy (non-hydrogen) atoms. The van der Waals surface area contributed by atoms with Crippen LogP contribution in [0.25, 0.3) is 17.2 Å². The van der Waals surface area contributed by atoms with Crippen molar-refractivity contribution in [2.75, 3.05) is 0 Å². The van der Waals surface area contributed by atoms with Gasteiger partial charge in [0.05, 0.1) is 8.80 Å². The van der Waals surface area contributed by atoms with E-state index in [0.29, 0.717) is 11.5 Å². The molecule has 0 heterocycles. The zero-order valence-electron chi connectivity index (χ0n) is 18.2. The van der Waals surface area contributed by atoms with Gasteiger partial charge in [-0.15, -0.1) is 0 Å². The Hall–Kier alpha value is -1.60. The second-order valence-corrected chi connectivity index (χ2v) is 12.5. The number of fused-ring (bicyclic) bond motifs is 1. The summed E-state index contributed by atoms with van der Waals surface area (Å²) in [4.78, 5) is 0. The summed E-state index contributed by atoms with van der Waals surface area (Å²) in [5, 5.41) is 0. The average molecular weight is 376 g/mol. The smallest absolute Gasteiger partial charge is 0.0611 e. The summed E-state index contributed by atoms with van der Waals surface area (Å²) in [7, 11) is -0.398. The van der Waals surface area contributed by atoms with Crippen molar-refractivity contribution in [3.05, 3.63) is 64.7 Å². The van der Waals surface area contributed by atoms with E-state index in [2.05, 4.69) is 97.0 Å². The number of hydrogen-bond acceptors (Lipinski definition) is 0. The molecule has 0 nitrogen and oxygen atoms in total. The maximum absolute atomic E-state index is 2.54. The van der Waals surface area contributed by atoms with Gasteiger partial charge in [0.1, 0.15) is 0 Å². The van der Waals surface area contributed by atoms with Crippen LogP contribution in [-0.4, -0.2) is 8.80 Å². The molecule has 0 amide bonds. The van der Waals surface area contributed by atoms with Gasteiger partial charge in [0.2, 0.25) is 0 Å². The monoisotopic (exact) mass is 375 g/mol. The molecule has 1 aliphatic carbocycles. The fraction of sp³-hybridized carbons (Fsp3) is 0.462. The second-order valence-electron chi connectivity index (χ2n) is 9.23. The highest BCUT2D eigenvalue weighted by Gasteiger charge is 2.33. The van der Waals surface area contributed by atoms with Gasteiger partial charge >= 0.3 is 0 Å². The predicted molar refractivity (Wildman–Crippen MR) is 123 cm³/mol. The number of rotatable bonds is 5. The Morgan fingerprint density at radius 2 is 1.56 bits per heavy atom. The number of allylic oxidation sites excluding steroid dienone is 1. The fourth-order valence-electron chi connectivity index (χ4n) is 4.44. The van der Waals surface area contributed by atoms with Crippen molar-refractivity contribution in [1.29, 1.82) is 0 Å². The van der Waals surface area contributed by atoms with Crippen molar-refractivity contribution in [1.82, 2.24) is 0 Å². The van der Waals surface area contributed by atoms with E-state index >= 15 is 0 Å². The number of hydrogen-bond donors (Lipinski definition) is 0. The molecular formula is C26H35Si. The highest BCUT2D eigenvalue weighted by molar-refractivity contribution is 6.61. The minimum absolute atomic E-state index is 0.201. The molecular weight excluding hydrogens is 340 g/mol. The molecule has 143 valence electrons. The molecule has 1 unspecified atom stereocenters. The Balaban J connectivity index is 2.09. The van der Waals surface area contributed by atoms with Gasteiger partial charge in [-0.05, 0) is 44.7 Å². The van der Waals surface area contributed by atoms with Crippen LogP contribution in [0, 0.1) is 5.92 Å². The summed E-state index contributed by atoms with van der Waals surface area (Å²) >= 11 is 0. The van der Waals surface area contributed by atoms with Crippen LogP contribution in [-0.2, 0) is 5.41 Å². The third-order valence-electron chi connectivity index (χ3n) is 6.14. The standard InChI is InChI=1S/C26H35Si/c1-8-27(9-2)25-22-12-10-11-21(24(22)17-23(25)18(3)4)19-13-15-20(16-14-19)26(5,6)7/h10-18,25H,8-9H2,1-7H3. The van der Waals surface area contributed by atoms with E-state index < -0.39 is 8.80 Å². The average Bonchev–Trinajstić information content (AvgIpc) is 3.02. The Bertz CT molecular complexity index is 814. The molecule has 0 saturated carbocycles. The van der Waals surface area contributed by atoms with Gasteiger partial charge in [-0.1, -0.05) is 115 Å². The topological polar surface area (TPSA) is 0 Å². The van der Waals surface area contributed by atoms with Crippen molar-refractivity contribution in [2.24, 2.45) is 5.92 Å². The molecule has 0 N–H and O–H groups in total. The SMILES string of the molecule is CC[Si](CC)C1C(C(C)C)=Cc2c(-c3ccc(C(C)(C)C)cc3)cccc21. The van der Waals surface area contributed by atoms with Crippen LogP contribution < -0.4 is 0 Å². The van der Waals surface area contributed by atoms with Gasteiger partial charge in [-0.25, -0.2) is 0 Å². The third kappa shape index (κ3) is 3.85. The summed E-state index contributed by atoms with van der Waals surface area (Å²) in [5.74, 6) is 0.622. The van der Waals surface area contributed by atoms with Crippen LogP contribution in [0.1, 0.15) is 70.7 Å². The summed E-state index contributed by atoms with van der Waals surface area (Å²) in [6.45, 7) is 16.4. The van der Waals surface area contributed by atoms with Crippen LogP contribution >= 0.6 is 0 Å². The highest BCUT2D eigenvalue weighted by atomic mass is 28.3. The van der Waals surface area contributed by atoms with Crippen LogP contribution in [0.5, 0.6) is 0 Å². The zero-order chi connectivity index (χ0) is 19.8. The Morgan fingerprint density at radius 3 is 2.07 bits per heavy atom. The quantitative estimate of drug-likeness (QED) is 0.466. The predicted octanol–water partition coefficient (Wildman–Crippen LogP) is 7.86. The molecule has 2 aromatic rings. The first-order valence-corrected chi connectivity index (χ1v) is 12.6. The maximum atomic E-state index is 2.54. The normalized spacial score (nSPS) is 16.8. The Kier molecular flexibility index (Phi) is 5.81. The molecule has 2 aromatic carbocycles. The van der Waals surface area contributed by atoms with Gasteiger partial charge in [0.25, 0.3) is 0 Å². The lowest BCUT2D eigenvalue weighted by atomic mass is 9.86. The minimum atomic E-state index is -0.398. The van der Waals surface area contributed by atoms with Gasteiger partial charge in [0, 0.05) is 0 Å². The van der Waals surface area contributed by atoms with Gasteiger partial charge in [-0.3, -0.25) is 0 Å². The van der Waals surface area contributed by atoms with E-state index in [4.69, 9.17) is 0 Å². The summed E-state index contributed by atoms with van der Waals surface area (Å²) in [6.07, 6.45) is 2.54. The van der Waals surface area contributed by atoms with Crippen molar-refractivity contribution in [3.8, 4) is 11.1 Å². The molecule has 1 heteroatoms. The molecule has 0 bridgehead atoms. The molecule has 0 aliphatic heterocycles. The molecule has 1 aliphatic rings. The van der Waals surface area contributed by atoms with Crippen LogP contribution in [0.2, 0.25) is 12.1 Å². The Labute approximate surface area is 168 Å². The van der Waals surface area contributed by atoms with E-state index in [1.165, 1.54) is 34.3 Å². The lowest BCUT2D eigenvalue weighted by Crippen LogP contribution is -2.23. The second kappa shape index (κ2) is 7.79. The molecule has 0 fully saturated rings. The summed E-state index contributed by atoms with van der Waals surface area (Å²) < 4.78 is 0. The van der Waals surface area contributed by atoms with E-state index in [0.717, 1.165) is 0 Å². The maximum Gasteiger partial charge on any atom is 0.0611 e. The summed E-state index contributed by atoms with van der Waals surface area (Å²) in [6, 6.07) is 18.9. The van der Waals surface area contributed by atoms with Crippen molar-refractivity contribution < 1.29 is 0 Å². The molecule has 0 spiro atoms. The first-order valence-electron chi connectivity index (χ1n) is 10.6. The van der Waals surface area contributed by atoms with Crippen LogP contribution in [0.4, 0.5) is 0 Å². The van der Waals surface area contributed by atoms with Gasteiger partial charge in [-0.2, -0.15) is 0 Å². The van der Waals surface area contributed by atoms with Crippen molar-refractivity contribution in [2.45, 2.75) is 71.5 Å². The third-order valence-corrected chi connectivity index (χ3v) is 9.42. The molecule has 0 saturated heterocycles. The largest absolute Gasteiger partial charge is 0.0679 e. The summed E-state index contributed by atoms with van der Waals surface area (Å²) in [5.41, 5.74) is 9.79. The minimum Gasteiger partial charge on any atom is -0.0679 e. The molecule has 0 aromatic heterocycles.